The fraction of sp³-hybridized carbons (Fsp3) is 0.160. The summed E-state index contributed by atoms with van der Waals surface area (Å²) in [6, 6.07) is 14.5. The third-order valence-electron chi connectivity index (χ3n) is 5.58. The van der Waals surface area contributed by atoms with E-state index in [0.29, 0.717) is 27.6 Å². The summed E-state index contributed by atoms with van der Waals surface area (Å²) >= 11 is 6.06. The number of fused-ring (bicyclic) bond motifs is 1. The summed E-state index contributed by atoms with van der Waals surface area (Å²) in [4.78, 5) is 30.2. The predicted molar refractivity (Wildman–Crippen MR) is 132 cm³/mol. The normalized spacial score (nSPS) is 11.2. The molecule has 0 radical (unpaired) electrons. The number of anilines is 1. The first-order chi connectivity index (χ1) is 16.8. The Kier molecular flexibility index (Phi) is 5.70. The highest BCUT2D eigenvalue weighted by molar-refractivity contribution is 6.30. The highest BCUT2D eigenvalue weighted by Gasteiger charge is 2.19. The summed E-state index contributed by atoms with van der Waals surface area (Å²) in [5, 5.41) is 11.9. The van der Waals surface area contributed by atoms with Gasteiger partial charge in [0.05, 0.1) is 5.56 Å². The molecule has 5 rings (SSSR count). The SMILES string of the molecule is Cc1cc(C)c(NC(=O)Cn2nc3c(-c4nc(-c5cccc(Cl)c5)no4)cccn3c2=O)c(C)c1. The molecule has 5 aromatic rings. The van der Waals surface area contributed by atoms with Crippen LogP contribution in [0.2, 0.25) is 5.02 Å². The maximum Gasteiger partial charge on any atom is 0.350 e. The van der Waals surface area contributed by atoms with Crippen LogP contribution in [-0.2, 0) is 11.3 Å². The van der Waals surface area contributed by atoms with E-state index in [1.54, 1.807) is 36.5 Å². The van der Waals surface area contributed by atoms with Crippen LogP contribution in [0.3, 0.4) is 0 Å². The molecule has 0 aliphatic rings. The number of amides is 1. The molecule has 35 heavy (non-hydrogen) atoms. The van der Waals surface area contributed by atoms with E-state index in [0.717, 1.165) is 27.1 Å². The minimum Gasteiger partial charge on any atom is -0.333 e. The first-order valence-electron chi connectivity index (χ1n) is 10.9. The van der Waals surface area contributed by atoms with E-state index in [1.165, 1.54) is 4.40 Å². The van der Waals surface area contributed by atoms with Crippen molar-refractivity contribution in [3.8, 4) is 22.8 Å². The largest absolute Gasteiger partial charge is 0.350 e. The van der Waals surface area contributed by atoms with Crippen molar-refractivity contribution in [3.05, 3.63) is 86.9 Å². The minimum atomic E-state index is -0.455. The Labute approximate surface area is 205 Å². The zero-order chi connectivity index (χ0) is 24.7. The number of nitrogens with zero attached hydrogens (tertiary/aromatic N) is 5. The van der Waals surface area contributed by atoms with Gasteiger partial charge in [0.15, 0.2) is 5.65 Å². The number of halogens is 1. The van der Waals surface area contributed by atoms with Gasteiger partial charge in [-0.2, -0.15) is 4.98 Å². The number of aryl methyl sites for hydroxylation is 3. The van der Waals surface area contributed by atoms with Crippen molar-refractivity contribution in [2.75, 3.05) is 5.32 Å². The van der Waals surface area contributed by atoms with Crippen LogP contribution < -0.4 is 11.0 Å². The highest BCUT2D eigenvalue weighted by Crippen LogP contribution is 2.26. The van der Waals surface area contributed by atoms with Crippen LogP contribution in [0.15, 0.2) is 64.0 Å². The monoisotopic (exact) mass is 488 g/mol. The third kappa shape index (κ3) is 4.33. The van der Waals surface area contributed by atoms with E-state index in [9.17, 15) is 9.59 Å². The van der Waals surface area contributed by atoms with Gasteiger partial charge in [-0.1, -0.05) is 46.6 Å². The Morgan fingerprint density at radius 1 is 1.09 bits per heavy atom. The summed E-state index contributed by atoms with van der Waals surface area (Å²) in [6.45, 7) is 5.62. The lowest BCUT2D eigenvalue weighted by molar-refractivity contribution is -0.117. The summed E-state index contributed by atoms with van der Waals surface area (Å²) in [5.41, 5.74) is 4.76. The number of benzene rings is 2. The van der Waals surface area contributed by atoms with Gasteiger partial charge >= 0.3 is 5.69 Å². The number of nitrogens with one attached hydrogen (secondary N) is 1. The molecule has 1 N–H and O–H groups in total. The summed E-state index contributed by atoms with van der Waals surface area (Å²) in [6.07, 6.45) is 1.57. The van der Waals surface area contributed by atoms with Crippen LogP contribution in [0.4, 0.5) is 5.69 Å². The molecule has 176 valence electrons. The second-order valence-corrected chi connectivity index (χ2v) is 8.75. The number of pyridine rings is 1. The summed E-state index contributed by atoms with van der Waals surface area (Å²) in [5.74, 6) is 0.195. The number of aromatic nitrogens is 5. The molecule has 0 saturated carbocycles. The van der Waals surface area contributed by atoms with E-state index in [-0.39, 0.29) is 18.3 Å². The van der Waals surface area contributed by atoms with Crippen LogP contribution in [0.5, 0.6) is 0 Å². The van der Waals surface area contributed by atoms with Crippen molar-refractivity contribution in [3.63, 3.8) is 0 Å². The van der Waals surface area contributed by atoms with E-state index >= 15 is 0 Å². The summed E-state index contributed by atoms with van der Waals surface area (Å²) in [7, 11) is 0. The van der Waals surface area contributed by atoms with Gasteiger partial charge in [0.25, 0.3) is 5.89 Å². The average molecular weight is 489 g/mol. The molecular formula is C25H21ClN6O3. The number of carbonyl (C=O) groups excluding carboxylic acids is 1. The fourth-order valence-electron chi connectivity index (χ4n) is 4.08. The van der Waals surface area contributed by atoms with Gasteiger partial charge in [0.1, 0.15) is 6.54 Å². The molecule has 0 aliphatic heterocycles. The van der Waals surface area contributed by atoms with Crippen LogP contribution in [0.25, 0.3) is 28.5 Å². The van der Waals surface area contributed by atoms with E-state index in [4.69, 9.17) is 16.1 Å². The van der Waals surface area contributed by atoms with Crippen molar-refractivity contribution in [2.45, 2.75) is 27.3 Å². The fourth-order valence-corrected chi connectivity index (χ4v) is 4.27. The molecule has 0 bridgehead atoms. The van der Waals surface area contributed by atoms with Gasteiger partial charge in [-0.25, -0.2) is 13.9 Å². The van der Waals surface area contributed by atoms with Crippen molar-refractivity contribution < 1.29 is 9.32 Å². The molecular weight excluding hydrogens is 468 g/mol. The first kappa shape index (κ1) is 22.5. The highest BCUT2D eigenvalue weighted by atomic mass is 35.5. The van der Waals surface area contributed by atoms with Gasteiger partial charge in [-0.05, 0) is 56.2 Å². The van der Waals surface area contributed by atoms with Gasteiger partial charge in [0.2, 0.25) is 11.7 Å². The lowest BCUT2D eigenvalue weighted by Crippen LogP contribution is -2.28. The Bertz CT molecular complexity index is 1630. The lowest BCUT2D eigenvalue weighted by Gasteiger charge is -2.12. The summed E-state index contributed by atoms with van der Waals surface area (Å²) < 4.78 is 7.90. The van der Waals surface area contributed by atoms with Crippen LogP contribution in [0, 0.1) is 20.8 Å². The molecule has 3 heterocycles. The van der Waals surface area contributed by atoms with Crippen LogP contribution in [-0.4, -0.2) is 30.2 Å². The number of carbonyl (C=O) groups is 1. The number of hydrogen-bond donors (Lipinski definition) is 1. The molecule has 0 aliphatic carbocycles. The van der Waals surface area contributed by atoms with Gasteiger partial charge in [-0.3, -0.25) is 4.79 Å². The molecule has 0 unspecified atom stereocenters. The molecule has 3 aromatic heterocycles. The lowest BCUT2D eigenvalue weighted by atomic mass is 10.1. The molecule has 2 aromatic carbocycles. The average Bonchev–Trinajstić information content (AvgIpc) is 3.42. The predicted octanol–water partition coefficient (Wildman–Crippen LogP) is 4.43. The Morgan fingerprint density at radius 2 is 1.86 bits per heavy atom. The van der Waals surface area contributed by atoms with Crippen molar-refractivity contribution >= 4 is 28.8 Å². The van der Waals surface area contributed by atoms with E-state index in [1.807, 2.05) is 39.0 Å². The molecule has 0 fully saturated rings. The van der Waals surface area contributed by atoms with Crippen molar-refractivity contribution in [1.82, 2.24) is 24.3 Å². The Morgan fingerprint density at radius 3 is 2.60 bits per heavy atom. The van der Waals surface area contributed by atoms with Gasteiger partial charge in [-0.15, -0.1) is 5.10 Å². The molecule has 0 atom stereocenters. The van der Waals surface area contributed by atoms with Crippen LogP contribution in [0.1, 0.15) is 16.7 Å². The second kappa shape index (κ2) is 8.84. The smallest absolute Gasteiger partial charge is 0.333 e. The number of hydrogen-bond acceptors (Lipinski definition) is 6. The molecule has 0 spiro atoms. The molecule has 9 nitrogen and oxygen atoms in total. The topological polar surface area (TPSA) is 107 Å². The zero-order valence-corrected chi connectivity index (χ0v) is 20.0. The minimum absolute atomic E-state index is 0.193. The molecule has 10 heteroatoms. The zero-order valence-electron chi connectivity index (χ0n) is 19.2. The van der Waals surface area contributed by atoms with E-state index < -0.39 is 5.69 Å². The first-order valence-corrected chi connectivity index (χ1v) is 11.2. The molecule has 0 saturated heterocycles. The Balaban J connectivity index is 1.46. The van der Waals surface area contributed by atoms with E-state index in [2.05, 4.69) is 20.6 Å². The maximum atomic E-state index is 12.9. The van der Waals surface area contributed by atoms with Crippen LogP contribution >= 0.6 is 11.6 Å². The van der Waals surface area contributed by atoms with Gasteiger partial charge in [0, 0.05) is 22.5 Å². The standard InChI is InChI=1S/C25H21ClN6O3/c1-14-10-15(2)21(16(3)11-14)27-20(33)13-32-25(34)31-9-5-8-19(23(31)29-32)24-28-22(30-35-24)17-6-4-7-18(26)12-17/h4-12H,13H2,1-3H3,(H,27,33). The maximum absolute atomic E-state index is 12.9. The van der Waals surface area contributed by atoms with Crippen molar-refractivity contribution in [1.29, 1.82) is 0 Å². The Hall–Kier alpha value is -4.24. The van der Waals surface area contributed by atoms with Gasteiger partial charge < -0.3 is 9.84 Å². The number of rotatable bonds is 5. The van der Waals surface area contributed by atoms with Crippen molar-refractivity contribution in [2.24, 2.45) is 0 Å². The third-order valence-corrected chi connectivity index (χ3v) is 5.82. The molecule has 1 amide bonds. The quantitative estimate of drug-likeness (QED) is 0.392. The second-order valence-electron chi connectivity index (χ2n) is 8.31.